The van der Waals surface area contributed by atoms with E-state index in [1.807, 2.05) is 84.9 Å². The van der Waals surface area contributed by atoms with Crippen LogP contribution in [-0.2, 0) is 12.0 Å². The molecule has 3 N–H and O–H groups in total. The topological polar surface area (TPSA) is 63.9 Å². The maximum atomic E-state index is 12.0. The quantitative estimate of drug-likeness (QED) is 0.385. The van der Waals surface area contributed by atoms with Gasteiger partial charge in [0.05, 0.1) is 12.2 Å². The highest BCUT2D eigenvalue weighted by atomic mass is 16.3. The Kier molecular flexibility index (Phi) is 8.74. The van der Waals surface area contributed by atoms with Crippen molar-refractivity contribution in [2.75, 3.05) is 19.6 Å². The van der Waals surface area contributed by atoms with Crippen molar-refractivity contribution in [2.24, 2.45) is 5.92 Å². The molecular weight excluding hydrogens is 434 g/mol. The van der Waals surface area contributed by atoms with Crippen LogP contribution in [0.4, 0.5) is 0 Å². The highest BCUT2D eigenvalue weighted by Crippen LogP contribution is 2.41. The SMILES string of the molecule is CC(O)Cc1ccc(C(O)CCCN2CCC(C(O)(c3ccccc3)c3ccccc3)CC2)cc1. The van der Waals surface area contributed by atoms with E-state index in [0.717, 1.165) is 67.6 Å². The number of hydrogen-bond acceptors (Lipinski definition) is 4. The summed E-state index contributed by atoms with van der Waals surface area (Å²) in [6.07, 6.45) is 3.36. The Bertz CT molecular complexity index is 973. The molecule has 1 aliphatic rings. The van der Waals surface area contributed by atoms with Crippen LogP contribution < -0.4 is 0 Å². The lowest BCUT2D eigenvalue weighted by Gasteiger charge is -2.42. The van der Waals surface area contributed by atoms with Gasteiger partial charge < -0.3 is 20.2 Å². The Morgan fingerprint density at radius 2 is 1.37 bits per heavy atom. The average molecular weight is 474 g/mol. The largest absolute Gasteiger partial charge is 0.393 e. The second-order valence-corrected chi connectivity index (χ2v) is 10.1. The zero-order chi connectivity index (χ0) is 24.7. The minimum Gasteiger partial charge on any atom is -0.393 e. The Balaban J connectivity index is 1.30. The van der Waals surface area contributed by atoms with Crippen LogP contribution in [0.3, 0.4) is 0 Å². The standard InChI is InChI=1S/C31H39NO3/c1-24(33)23-25-14-16-26(17-15-25)30(34)13-8-20-32-21-18-29(19-22-32)31(35,27-9-4-2-5-10-27)28-11-6-3-7-12-28/h2-7,9-12,14-17,24,29-30,33-35H,8,13,18-23H2,1H3. The number of piperidine rings is 1. The summed E-state index contributed by atoms with van der Waals surface area (Å²) < 4.78 is 0. The fourth-order valence-corrected chi connectivity index (χ4v) is 5.49. The summed E-state index contributed by atoms with van der Waals surface area (Å²) in [6, 6.07) is 28.1. The van der Waals surface area contributed by atoms with Crippen LogP contribution >= 0.6 is 0 Å². The van der Waals surface area contributed by atoms with Crippen molar-refractivity contribution >= 4 is 0 Å². The number of hydrogen-bond donors (Lipinski definition) is 3. The van der Waals surface area contributed by atoms with Crippen LogP contribution in [0.1, 0.15) is 61.0 Å². The van der Waals surface area contributed by atoms with E-state index < -0.39 is 11.7 Å². The van der Waals surface area contributed by atoms with Crippen LogP contribution in [0, 0.1) is 5.92 Å². The van der Waals surface area contributed by atoms with E-state index in [0.29, 0.717) is 6.42 Å². The zero-order valence-corrected chi connectivity index (χ0v) is 20.8. The van der Waals surface area contributed by atoms with Crippen LogP contribution in [0.5, 0.6) is 0 Å². The number of rotatable bonds is 10. The Morgan fingerprint density at radius 3 is 1.89 bits per heavy atom. The van der Waals surface area contributed by atoms with Crippen molar-refractivity contribution in [1.29, 1.82) is 0 Å². The first kappa shape index (κ1) is 25.6. The van der Waals surface area contributed by atoms with Gasteiger partial charge in [0.15, 0.2) is 0 Å². The van der Waals surface area contributed by atoms with Gasteiger partial charge in [-0.3, -0.25) is 0 Å². The summed E-state index contributed by atoms with van der Waals surface area (Å²) in [5, 5.41) is 32.2. The molecule has 0 amide bonds. The maximum Gasteiger partial charge on any atom is 0.117 e. The first-order valence-corrected chi connectivity index (χ1v) is 13.0. The molecule has 0 spiro atoms. The highest BCUT2D eigenvalue weighted by molar-refractivity contribution is 5.37. The molecule has 1 fully saturated rings. The summed E-state index contributed by atoms with van der Waals surface area (Å²) in [5.41, 5.74) is 2.98. The molecule has 1 heterocycles. The lowest BCUT2D eigenvalue weighted by atomic mass is 9.72. The molecule has 186 valence electrons. The molecule has 2 atom stereocenters. The second-order valence-electron chi connectivity index (χ2n) is 10.1. The van der Waals surface area contributed by atoms with Gasteiger partial charge in [-0.25, -0.2) is 0 Å². The Labute approximate surface area is 209 Å². The van der Waals surface area contributed by atoms with Crippen molar-refractivity contribution < 1.29 is 15.3 Å². The van der Waals surface area contributed by atoms with Crippen molar-refractivity contribution in [2.45, 2.75) is 56.8 Å². The van der Waals surface area contributed by atoms with E-state index in [4.69, 9.17) is 0 Å². The molecule has 0 bridgehead atoms. The van der Waals surface area contributed by atoms with Gasteiger partial charge in [0.25, 0.3) is 0 Å². The van der Waals surface area contributed by atoms with Gasteiger partial charge in [0.1, 0.15) is 5.60 Å². The molecule has 1 saturated heterocycles. The number of aliphatic hydroxyl groups is 3. The molecule has 1 aliphatic heterocycles. The normalized spacial score (nSPS) is 17.3. The number of aliphatic hydroxyl groups excluding tert-OH is 2. The highest BCUT2D eigenvalue weighted by Gasteiger charge is 2.41. The van der Waals surface area contributed by atoms with Gasteiger partial charge in [-0.2, -0.15) is 0 Å². The molecule has 4 rings (SSSR count). The first-order chi connectivity index (χ1) is 17.0. The summed E-state index contributed by atoms with van der Waals surface area (Å²) in [7, 11) is 0. The lowest BCUT2D eigenvalue weighted by molar-refractivity contribution is -0.0146. The third kappa shape index (κ3) is 6.39. The predicted octanol–water partition coefficient (Wildman–Crippen LogP) is 5.07. The van der Waals surface area contributed by atoms with Gasteiger partial charge in [-0.15, -0.1) is 0 Å². The molecular formula is C31H39NO3. The molecule has 4 heteroatoms. The van der Waals surface area contributed by atoms with Gasteiger partial charge in [-0.05, 0) is 86.8 Å². The van der Waals surface area contributed by atoms with Gasteiger partial charge in [-0.1, -0.05) is 84.9 Å². The van der Waals surface area contributed by atoms with E-state index in [2.05, 4.69) is 4.90 Å². The Morgan fingerprint density at radius 1 is 0.829 bits per heavy atom. The molecule has 4 nitrogen and oxygen atoms in total. The van der Waals surface area contributed by atoms with E-state index >= 15 is 0 Å². The van der Waals surface area contributed by atoms with Gasteiger partial charge >= 0.3 is 0 Å². The molecule has 3 aromatic rings. The summed E-state index contributed by atoms with van der Waals surface area (Å²) in [4.78, 5) is 2.46. The molecule has 35 heavy (non-hydrogen) atoms. The van der Waals surface area contributed by atoms with Crippen molar-refractivity contribution in [1.82, 2.24) is 4.90 Å². The predicted molar refractivity (Wildman–Crippen MR) is 141 cm³/mol. The molecule has 3 aromatic carbocycles. The third-order valence-electron chi connectivity index (χ3n) is 7.45. The van der Waals surface area contributed by atoms with Crippen LogP contribution in [0.2, 0.25) is 0 Å². The maximum absolute atomic E-state index is 12.0. The first-order valence-electron chi connectivity index (χ1n) is 13.0. The molecule has 0 saturated carbocycles. The smallest absolute Gasteiger partial charge is 0.117 e. The molecule has 0 aliphatic carbocycles. The lowest BCUT2D eigenvalue weighted by Crippen LogP contribution is -2.44. The minimum atomic E-state index is -0.981. The fourth-order valence-electron chi connectivity index (χ4n) is 5.49. The van der Waals surface area contributed by atoms with E-state index in [1.165, 1.54) is 0 Å². The zero-order valence-electron chi connectivity index (χ0n) is 20.8. The Hall–Kier alpha value is -2.50. The molecule has 2 unspecified atom stereocenters. The van der Waals surface area contributed by atoms with Gasteiger partial charge in [0, 0.05) is 0 Å². The van der Waals surface area contributed by atoms with Gasteiger partial charge in [0.2, 0.25) is 0 Å². The van der Waals surface area contributed by atoms with E-state index in [-0.39, 0.29) is 12.0 Å². The number of nitrogens with zero attached hydrogens (tertiary/aromatic N) is 1. The van der Waals surface area contributed by atoms with Crippen molar-refractivity contribution in [3.05, 3.63) is 107 Å². The van der Waals surface area contributed by atoms with Crippen LogP contribution in [0.15, 0.2) is 84.9 Å². The summed E-state index contributed by atoms with van der Waals surface area (Å²) >= 11 is 0. The summed E-state index contributed by atoms with van der Waals surface area (Å²) in [6.45, 7) is 4.65. The van der Waals surface area contributed by atoms with Crippen molar-refractivity contribution in [3.8, 4) is 0 Å². The fraction of sp³-hybridized carbons (Fsp3) is 0.419. The van der Waals surface area contributed by atoms with E-state index in [9.17, 15) is 15.3 Å². The van der Waals surface area contributed by atoms with Crippen LogP contribution in [0.25, 0.3) is 0 Å². The van der Waals surface area contributed by atoms with E-state index in [1.54, 1.807) is 6.92 Å². The molecule has 0 radical (unpaired) electrons. The molecule has 0 aromatic heterocycles. The second kappa shape index (κ2) is 12.0. The van der Waals surface area contributed by atoms with Crippen LogP contribution in [-0.4, -0.2) is 46.0 Å². The van der Waals surface area contributed by atoms with Crippen molar-refractivity contribution in [3.63, 3.8) is 0 Å². The monoisotopic (exact) mass is 473 g/mol. The minimum absolute atomic E-state index is 0.161. The number of benzene rings is 3. The summed E-state index contributed by atoms with van der Waals surface area (Å²) in [5.74, 6) is 0.161. The number of likely N-dealkylation sites (tertiary alicyclic amines) is 1. The third-order valence-corrected chi connectivity index (χ3v) is 7.45. The average Bonchev–Trinajstić information content (AvgIpc) is 2.89.